The first-order valence-corrected chi connectivity index (χ1v) is 4.42. The molecule has 2 rings (SSSR count). The predicted molar refractivity (Wildman–Crippen MR) is 53.7 cm³/mol. The molecule has 0 atom stereocenters. The van der Waals surface area contributed by atoms with Gasteiger partial charge < -0.3 is 10.3 Å². The van der Waals surface area contributed by atoms with Crippen LogP contribution in [0.25, 0.3) is 0 Å². The van der Waals surface area contributed by atoms with E-state index in [2.05, 4.69) is 10.1 Å². The molecule has 5 heteroatoms. The van der Waals surface area contributed by atoms with E-state index in [-0.39, 0.29) is 0 Å². The minimum atomic E-state index is 0.523. The van der Waals surface area contributed by atoms with Gasteiger partial charge in [0.1, 0.15) is 0 Å². The second kappa shape index (κ2) is 3.17. The topological polar surface area (TPSA) is 61.7 Å². The van der Waals surface area contributed by atoms with E-state index in [0.29, 0.717) is 12.5 Å². The van der Waals surface area contributed by atoms with E-state index in [1.807, 2.05) is 30.9 Å². The van der Waals surface area contributed by atoms with Crippen LogP contribution in [0.4, 0.5) is 5.95 Å². The van der Waals surface area contributed by atoms with E-state index in [0.717, 1.165) is 5.69 Å². The van der Waals surface area contributed by atoms with E-state index in [1.165, 1.54) is 5.56 Å². The molecule has 0 aliphatic heterocycles. The standard InChI is InChI=1S/C9H13N5/c1-7-5-13(2)12-8(7)6-14-4-3-11-9(14)10/h3-5H,6H2,1-2H3,(H2,10,11). The highest BCUT2D eigenvalue weighted by Crippen LogP contribution is 2.08. The van der Waals surface area contributed by atoms with Gasteiger partial charge in [-0.3, -0.25) is 4.68 Å². The van der Waals surface area contributed by atoms with E-state index in [9.17, 15) is 0 Å². The van der Waals surface area contributed by atoms with Gasteiger partial charge >= 0.3 is 0 Å². The Morgan fingerprint density at radius 3 is 2.79 bits per heavy atom. The molecule has 5 nitrogen and oxygen atoms in total. The van der Waals surface area contributed by atoms with Crippen molar-refractivity contribution in [2.45, 2.75) is 13.5 Å². The van der Waals surface area contributed by atoms with Crippen molar-refractivity contribution < 1.29 is 0 Å². The third-order valence-electron chi connectivity index (χ3n) is 2.18. The molecule has 2 aromatic heterocycles. The van der Waals surface area contributed by atoms with Crippen LogP contribution in [0.3, 0.4) is 0 Å². The quantitative estimate of drug-likeness (QED) is 0.754. The molecule has 0 bridgehead atoms. The molecule has 2 aromatic rings. The molecular formula is C9H13N5. The fraction of sp³-hybridized carbons (Fsp3) is 0.333. The summed E-state index contributed by atoms with van der Waals surface area (Å²) in [5.41, 5.74) is 7.85. The Morgan fingerprint density at radius 2 is 2.29 bits per heavy atom. The summed E-state index contributed by atoms with van der Waals surface area (Å²) in [6.45, 7) is 2.72. The maximum Gasteiger partial charge on any atom is 0.200 e. The number of aryl methyl sites for hydroxylation is 2. The summed E-state index contributed by atoms with van der Waals surface area (Å²) < 4.78 is 3.67. The molecule has 2 heterocycles. The lowest BCUT2D eigenvalue weighted by molar-refractivity contribution is 0.709. The van der Waals surface area contributed by atoms with Gasteiger partial charge in [-0.05, 0) is 12.5 Å². The van der Waals surface area contributed by atoms with E-state index in [4.69, 9.17) is 5.73 Å². The number of imidazole rings is 1. The lowest BCUT2D eigenvalue weighted by atomic mass is 10.3. The van der Waals surface area contributed by atoms with Crippen molar-refractivity contribution in [3.63, 3.8) is 0 Å². The van der Waals surface area contributed by atoms with Crippen molar-refractivity contribution in [3.8, 4) is 0 Å². The highest BCUT2D eigenvalue weighted by Gasteiger charge is 2.05. The number of nitrogen functional groups attached to an aromatic ring is 1. The summed E-state index contributed by atoms with van der Waals surface area (Å²) in [6.07, 6.45) is 5.53. The van der Waals surface area contributed by atoms with Gasteiger partial charge in [0.25, 0.3) is 0 Å². The Labute approximate surface area is 82.2 Å². The fourth-order valence-electron chi connectivity index (χ4n) is 1.44. The first-order chi connectivity index (χ1) is 6.66. The van der Waals surface area contributed by atoms with Crippen LogP contribution < -0.4 is 5.73 Å². The van der Waals surface area contributed by atoms with Crippen LogP contribution in [0.5, 0.6) is 0 Å². The molecule has 0 spiro atoms. The van der Waals surface area contributed by atoms with Crippen LogP contribution in [0.1, 0.15) is 11.3 Å². The van der Waals surface area contributed by atoms with Crippen LogP contribution in [0.2, 0.25) is 0 Å². The number of anilines is 1. The van der Waals surface area contributed by atoms with Crippen LogP contribution in [0, 0.1) is 6.92 Å². The van der Waals surface area contributed by atoms with Crippen LogP contribution in [-0.2, 0) is 13.6 Å². The molecule has 0 aliphatic carbocycles. The molecule has 14 heavy (non-hydrogen) atoms. The zero-order chi connectivity index (χ0) is 10.1. The number of rotatable bonds is 2. The molecule has 0 saturated carbocycles. The van der Waals surface area contributed by atoms with Gasteiger partial charge in [0, 0.05) is 25.6 Å². The van der Waals surface area contributed by atoms with Crippen molar-refractivity contribution in [1.29, 1.82) is 0 Å². The Bertz CT molecular complexity index is 440. The number of aromatic nitrogens is 4. The maximum atomic E-state index is 5.66. The summed E-state index contributed by atoms with van der Waals surface area (Å²) in [6, 6.07) is 0. The molecule has 74 valence electrons. The molecule has 0 aromatic carbocycles. The number of hydrogen-bond acceptors (Lipinski definition) is 3. The van der Waals surface area contributed by atoms with E-state index in [1.54, 1.807) is 10.9 Å². The highest BCUT2D eigenvalue weighted by atomic mass is 15.3. The lowest BCUT2D eigenvalue weighted by Gasteiger charge is -2.01. The smallest absolute Gasteiger partial charge is 0.200 e. The van der Waals surface area contributed by atoms with Crippen LogP contribution in [-0.4, -0.2) is 19.3 Å². The van der Waals surface area contributed by atoms with Crippen LogP contribution >= 0.6 is 0 Å². The van der Waals surface area contributed by atoms with Crippen molar-refractivity contribution >= 4 is 5.95 Å². The second-order valence-corrected chi connectivity index (χ2v) is 3.35. The average Bonchev–Trinajstić information content (AvgIpc) is 2.62. The second-order valence-electron chi connectivity index (χ2n) is 3.35. The predicted octanol–water partition coefficient (Wildman–Crippen LogP) is 0.556. The number of nitrogens with zero attached hydrogens (tertiary/aromatic N) is 4. The van der Waals surface area contributed by atoms with Gasteiger partial charge in [-0.15, -0.1) is 0 Å². The fourth-order valence-corrected chi connectivity index (χ4v) is 1.44. The van der Waals surface area contributed by atoms with Gasteiger partial charge in [-0.1, -0.05) is 0 Å². The van der Waals surface area contributed by atoms with E-state index < -0.39 is 0 Å². The zero-order valence-electron chi connectivity index (χ0n) is 8.31. The minimum absolute atomic E-state index is 0.523. The molecule has 2 N–H and O–H groups in total. The average molecular weight is 191 g/mol. The first-order valence-electron chi connectivity index (χ1n) is 4.42. The summed E-state index contributed by atoms with van der Waals surface area (Å²) in [5.74, 6) is 0.523. The van der Waals surface area contributed by atoms with Crippen LogP contribution in [0.15, 0.2) is 18.6 Å². The number of nitrogens with two attached hydrogens (primary N) is 1. The molecule has 0 fully saturated rings. The van der Waals surface area contributed by atoms with E-state index >= 15 is 0 Å². The molecule has 0 saturated heterocycles. The number of hydrogen-bond donors (Lipinski definition) is 1. The largest absolute Gasteiger partial charge is 0.369 e. The van der Waals surface area contributed by atoms with Gasteiger partial charge in [0.15, 0.2) is 5.95 Å². The normalized spacial score (nSPS) is 10.7. The Hall–Kier alpha value is -1.78. The zero-order valence-corrected chi connectivity index (χ0v) is 8.31. The first kappa shape index (κ1) is 8.80. The summed E-state index contributed by atoms with van der Waals surface area (Å²) in [4.78, 5) is 3.96. The SMILES string of the molecule is Cc1cn(C)nc1Cn1ccnc1N. The lowest BCUT2D eigenvalue weighted by Crippen LogP contribution is -2.05. The van der Waals surface area contributed by atoms with Crippen molar-refractivity contribution in [3.05, 3.63) is 29.8 Å². The summed E-state index contributed by atoms with van der Waals surface area (Å²) in [7, 11) is 1.91. The monoisotopic (exact) mass is 191 g/mol. The molecule has 0 unspecified atom stereocenters. The Balaban J connectivity index is 2.27. The van der Waals surface area contributed by atoms with Crippen molar-refractivity contribution in [2.24, 2.45) is 7.05 Å². The van der Waals surface area contributed by atoms with Gasteiger partial charge in [-0.2, -0.15) is 5.10 Å². The molecule has 0 aliphatic rings. The van der Waals surface area contributed by atoms with Gasteiger partial charge in [0.05, 0.1) is 12.2 Å². The van der Waals surface area contributed by atoms with Gasteiger partial charge in [0.2, 0.25) is 0 Å². The third-order valence-corrected chi connectivity index (χ3v) is 2.18. The summed E-state index contributed by atoms with van der Waals surface area (Å²) in [5, 5.41) is 4.34. The summed E-state index contributed by atoms with van der Waals surface area (Å²) >= 11 is 0. The molecular weight excluding hydrogens is 178 g/mol. The van der Waals surface area contributed by atoms with Crippen molar-refractivity contribution in [1.82, 2.24) is 19.3 Å². The third kappa shape index (κ3) is 1.48. The Kier molecular flexibility index (Phi) is 1.99. The highest BCUT2D eigenvalue weighted by molar-refractivity contribution is 5.21. The maximum absolute atomic E-state index is 5.66. The van der Waals surface area contributed by atoms with Crippen molar-refractivity contribution in [2.75, 3.05) is 5.73 Å². The Morgan fingerprint density at radius 1 is 1.50 bits per heavy atom. The molecule has 0 amide bonds. The molecule has 0 radical (unpaired) electrons. The van der Waals surface area contributed by atoms with Gasteiger partial charge in [-0.25, -0.2) is 4.98 Å². The minimum Gasteiger partial charge on any atom is -0.369 e.